The number of halogens is 2. The molecule has 0 heterocycles. The Labute approximate surface area is 227 Å². The Morgan fingerprint density at radius 1 is 0.897 bits per heavy atom. The van der Waals surface area contributed by atoms with Crippen molar-refractivity contribution >= 4 is 23.5 Å². The van der Waals surface area contributed by atoms with E-state index in [4.69, 9.17) is 4.74 Å². The fraction of sp³-hybridized carbons (Fsp3) is 0.323. The Hall–Kier alpha value is -4.07. The molecule has 1 saturated carbocycles. The fourth-order valence-electron chi connectivity index (χ4n) is 4.65. The summed E-state index contributed by atoms with van der Waals surface area (Å²) in [4.78, 5) is 40.0. The van der Waals surface area contributed by atoms with Crippen LogP contribution in [0.5, 0.6) is 0 Å². The van der Waals surface area contributed by atoms with E-state index in [0.717, 1.165) is 48.8 Å². The summed E-state index contributed by atoms with van der Waals surface area (Å²) < 4.78 is 34.5. The van der Waals surface area contributed by atoms with Crippen molar-refractivity contribution in [2.24, 2.45) is 0 Å². The molecule has 0 bridgehead atoms. The van der Waals surface area contributed by atoms with Crippen molar-refractivity contribution in [2.45, 2.75) is 58.1 Å². The zero-order chi connectivity index (χ0) is 28.2. The van der Waals surface area contributed by atoms with Crippen molar-refractivity contribution in [3.8, 4) is 11.1 Å². The number of hydrogen-bond acceptors (Lipinski definition) is 4. The normalized spacial score (nSPS) is 13.7. The highest BCUT2D eigenvalue weighted by Gasteiger charge is 2.28. The maximum Gasteiger partial charge on any atom is 0.326 e. The van der Waals surface area contributed by atoms with Crippen LogP contribution in [0.4, 0.5) is 14.5 Å². The molecule has 0 aromatic heterocycles. The Balaban J connectivity index is 1.67. The number of benzene rings is 3. The van der Waals surface area contributed by atoms with Crippen LogP contribution >= 0.6 is 0 Å². The van der Waals surface area contributed by atoms with Gasteiger partial charge in [0.25, 0.3) is 11.8 Å². The summed E-state index contributed by atoms with van der Waals surface area (Å²) in [5.74, 6) is -3.98. The molecule has 4 rings (SSSR count). The van der Waals surface area contributed by atoms with E-state index in [-0.39, 0.29) is 17.6 Å². The average Bonchev–Trinajstić information content (AvgIpc) is 3.39. The van der Waals surface area contributed by atoms with E-state index in [2.05, 4.69) is 5.32 Å². The van der Waals surface area contributed by atoms with Crippen LogP contribution < -0.4 is 10.2 Å². The van der Waals surface area contributed by atoms with Gasteiger partial charge in [0.1, 0.15) is 29.3 Å². The lowest BCUT2D eigenvalue weighted by Crippen LogP contribution is -2.39. The van der Waals surface area contributed by atoms with Crippen molar-refractivity contribution < 1.29 is 27.9 Å². The van der Waals surface area contributed by atoms with Crippen molar-refractivity contribution in [3.05, 3.63) is 89.5 Å². The molecule has 39 heavy (non-hydrogen) atoms. The van der Waals surface area contributed by atoms with Crippen LogP contribution in [0.3, 0.4) is 0 Å². The first kappa shape index (κ1) is 28.0. The molecule has 0 spiro atoms. The quantitative estimate of drug-likeness (QED) is 0.362. The second kappa shape index (κ2) is 11.8. The topological polar surface area (TPSA) is 75.7 Å². The third-order valence-electron chi connectivity index (χ3n) is 6.44. The summed E-state index contributed by atoms with van der Waals surface area (Å²) in [6.07, 6.45) is 4.15. The van der Waals surface area contributed by atoms with Gasteiger partial charge in [-0.2, -0.15) is 0 Å². The summed E-state index contributed by atoms with van der Waals surface area (Å²) in [5, 5.41) is 3.07. The molecule has 1 aliphatic carbocycles. The zero-order valence-electron chi connectivity index (χ0n) is 22.3. The monoisotopic (exact) mass is 534 g/mol. The van der Waals surface area contributed by atoms with Gasteiger partial charge >= 0.3 is 5.97 Å². The molecule has 2 amide bonds. The highest BCUT2D eigenvalue weighted by atomic mass is 19.1. The van der Waals surface area contributed by atoms with Gasteiger partial charge in [-0.3, -0.25) is 19.3 Å². The number of hydrogen-bond donors (Lipinski definition) is 1. The Morgan fingerprint density at radius 3 is 2.13 bits per heavy atom. The molecule has 1 N–H and O–H groups in total. The molecule has 3 aromatic carbocycles. The van der Waals surface area contributed by atoms with Gasteiger partial charge in [0, 0.05) is 17.3 Å². The largest absolute Gasteiger partial charge is 0.459 e. The lowest BCUT2D eigenvalue weighted by molar-refractivity contribution is -0.152. The Morgan fingerprint density at radius 2 is 1.49 bits per heavy atom. The third kappa shape index (κ3) is 7.07. The summed E-state index contributed by atoms with van der Waals surface area (Å²) >= 11 is 0. The summed E-state index contributed by atoms with van der Waals surface area (Å²) in [6, 6.07) is 17.0. The minimum atomic E-state index is -1.04. The second-order valence-corrected chi connectivity index (χ2v) is 10.7. The van der Waals surface area contributed by atoms with E-state index in [1.54, 1.807) is 63.2 Å². The number of ether oxygens (including phenoxy) is 1. The molecule has 0 radical (unpaired) electrons. The molecule has 0 aliphatic heterocycles. The Bertz CT molecular complexity index is 1360. The van der Waals surface area contributed by atoms with Crippen molar-refractivity contribution in [1.82, 2.24) is 5.32 Å². The van der Waals surface area contributed by atoms with Crippen LogP contribution in [0.25, 0.3) is 11.1 Å². The molecular formula is C31H32F2N2O4. The van der Waals surface area contributed by atoms with Gasteiger partial charge in [0.05, 0.1) is 0 Å². The van der Waals surface area contributed by atoms with Gasteiger partial charge in [-0.1, -0.05) is 43.2 Å². The van der Waals surface area contributed by atoms with E-state index in [1.165, 1.54) is 0 Å². The summed E-state index contributed by atoms with van der Waals surface area (Å²) in [5.41, 5.74) is 0.511. The van der Waals surface area contributed by atoms with Gasteiger partial charge in [-0.15, -0.1) is 0 Å². The predicted molar refractivity (Wildman–Crippen MR) is 145 cm³/mol. The molecule has 8 heteroatoms. The zero-order valence-corrected chi connectivity index (χ0v) is 22.3. The lowest BCUT2D eigenvalue weighted by atomic mass is 10.0. The second-order valence-electron chi connectivity index (χ2n) is 10.7. The number of rotatable bonds is 7. The van der Waals surface area contributed by atoms with Crippen LogP contribution in [0, 0.1) is 11.6 Å². The van der Waals surface area contributed by atoms with Crippen LogP contribution in [-0.4, -0.2) is 36.0 Å². The van der Waals surface area contributed by atoms with Crippen molar-refractivity contribution in [3.63, 3.8) is 0 Å². The van der Waals surface area contributed by atoms with Crippen molar-refractivity contribution in [2.75, 3.05) is 11.4 Å². The first-order chi connectivity index (χ1) is 18.5. The number of nitrogens with one attached hydrogen (secondary N) is 1. The molecule has 0 atom stereocenters. The summed E-state index contributed by atoms with van der Waals surface area (Å²) in [6.45, 7) is 4.50. The number of nitrogens with zero attached hydrogens (tertiary/aromatic N) is 1. The third-order valence-corrected chi connectivity index (χ3v) is 6.44. The molecule has 204 valence electrons. The number of esters is 1. The fourth-order valence-corrected chi connectivity index (χ4v) is 4.65. The Kier molecular flexibility index (Phi) is 8.43. The number of carbonyl (C=O) groups is 3. The molecule has 0 unspecified atom stereocenters. The first-order valence-corrected chi connectivity index (χ1v) is 13.0. The van der Waals surface area contributed by atoms with Crippen molar-refractivity contribution in [1.29, 1.82) is 0 Å². The smallest absolute Gasteiger partial charge is 0.326 e. The lowest BCUT2D eigenvalue weighted by Gasteiger charge is -2.26. The van der Waals surface area contributed by atoms with Crippen LogP contribution in [0.15, 0.2) is 66.7 Å². The number of carbonyl (C=O) groups excluding carboxylic acids is 3. The minimum Gasteiger partial charge on any atom is -0.459 e. The molecule has 3 aromatic rings. The standard InChI is InChI=1S/C31H32F2N2O4/c1-31(2,3)39-27(36)19-35(30(38)28-25(32)15-8-16-26(28)33)24-14-7-10-21(18-24)20-9-6-11-22(17-20)29(37)34-23-12-4-5-13-23/h6-11,14-18,23H,4-5,12-13,19H2,1-3H3,(H,34,37). The van der Waals surface area contributed by atoms with Crippen LogP contribution in [0.2, 0.25) is 0 Å². The van der Waals surface area contributed by atoms with Gasteiger partial charge in [-0.05, 0) is 81.1 Å². The van der Waals surface area contributed by atoms with E-state index < -0.39 is 41.2 Å². The molecular weight excluding hydrogens is 502 g/mol. The minimum absolute atomic E-state index is 0.156. The number of amides is 2. The van der Waals surface area contributed by atoms with Gasteiger partial charge < -0.3 is 10.1 Å². The van der Waals surface area contributed by atoms with Crippen LogP contribution in [-0.2, 0) is 9.53 Å². The average molecular weight is 535 g/mol. The predicted octanol–water partition coefficient (Wildman–Crippen LogP) is 6.29. The summed E-state index contributed by atoms with van der Waals surface area (Å²) in [7, 11) is 0. The van der Waals surface area contributed by atoms with E-state index in [1.807, 2.05) is 6.07 Å². The van der Waals surface area contributed by atoms with Gasteiger partial charge in [-0.25, -0.2) is 8.78 Å². The highest BCUT2D eigenvalue weighted by molar-refractivity contribution is 6.09. The molecule has 0 saturated heterocycles. The van der Waals surface area contributed by atoms with Crippen LogP contribution in [0.1, 0.15) is 67.2 Å². The maximum atomic E-state index is 14.6. The van der Waals surface area contributed by atoms with E-state index in [0.29, 0.717) is 16.7 Å². The van der Waals surface area contributed by atoms with Gasteiger partial charge in [0.2, 0.25) is 0 Å². The molecule has 6 nitrogen and oxygen atoms in total. The van der Waals surface area contributed by atoms with E-state index >= 15 is 0 Å². The van der Waals surface area contributed by atoms with E-state index in [9.17, 15) is 23.2 Å². The highest BCUT2D eigenvalue weighted by Crippen LogP contribution is 2.28. The first-order valence-electron chi connectivity index (χ1n) is 13.0. The SMILES string of the molecule is CC(C)(C)OC(=O)CN(C(=O)c1c(F)cccc1F)c1cccc(-c2cccc(C(=O)NC3CCCC3)c2)c1. The van der Waals surface area contributed by atoms with Gasteiger partial charge in [0.15, 0.2) is 0 Å². The molecule has 1 aliphatic rings. The molecule has 1 fully saturated rings. The maximum absolute atomic E-state index is 14.6. The number of anilines is 1.